The average molecular weight is 205 g/mol. The number of ether oxygens (including phenoxy) is 2. The molecule has 1 N–H and O–H groups in total. The first-order valence-electron chi connectivity index (χ1n) is 5.44. The van der Waals surface area contributed by atoms with Crippen molar-refractivity contribution in [2.45, 2.75) is 45.8 Å². The highest BCUT2D eigenvalue weighted by molar-refractivity contribution is 4.63. The third-order valence-corrected chi connectivity index (χ3v) is 2.05. The molecule has 0 aliphatic heterocycles. The maximum absolute atomic E-state index is 5.30. The molecule has 0 fully saturated rings. The number of methoxy groups -OCH3 is 2. The van der Waals surface area contributed by atoms with Gasteiger partial charge >= 0.3 is 0 Å². The van der Waals surface area contributed by atoms with E-state index in [0.717, 1.165) is 19.4 Å². The highest BCUT2D eigenvalue weighted by atomic mass is 16.5. The van der Waals surface area contributed by atoms with Crippen LogP contribution in [0, 0.1) is 0 Å². The molecule has 0 radical (unpaired) electrons. The summed E-state index contributed by atoms with van der Waals surface area (Å²) in [5, 5.41) is 3.10. The molecule has 0 amide bonds. The topological polar surface area (TPSA) is 30.5 Å². The summed E-state index contributed by atoms with van der Waals surface area (Å²) in [6.45, 7) is 7.06. The molecule has 0 heterocycles. The number of hydrogen-bond donors (Lipinski definition) is 1. The highest BCUT2D eigenvalue weighted by Gasteiger charge is 2.10. The first-order valence-corrected chi connectivity index (χ1v) is 5.44. The lowest BCUT2D eigenvalue weighted by Gasteiger charge is -2.18. The van der Waals surface area contributed by atoms with Crippen LogP contribution in [0.5, 0.6) is 0 Å². The van der Waals surface area contributed by atoms with Gasteiger partial charge in [0.05, 0.1) is 12.2 Å². The fourth-order valence-electron chi connectivity index (χ4n) is 1.10. The van der Waals surface area contributed by atoms with E-state index in [1.165, 1.54) is 0 Å². The molecule has 88 valence electrons. The van der Waals surface area contributed by atoms with E-state index >= 15 is 0 Å². The zero-order valence-corrected chi connectivity index (χ0v) is 10.6. The Labute approximate surface area is 89.2 Å². The molecule has 0 aliphatic rings. The van der Waals surface area contributed by atoms with Crippen molar-refractivity contribution in [2.24, 2.45) is 0 Å². The second kappa shape index (κ2) is 12.9. The fourth-order valence-corrected chi connectivity index (χ4v) is 1.10. The minimum Gasteiger partial charge on any atom is -0.382 e. The Hall–Kier alpha value is -0.120. The molecule has 3 heteroatoms. The van der Waals surface area contributed by atoms with Gasteiger partial charge in [0.15, 0.2) is 0 Å². The maximum Gasteiger partial charge on any atom is 0.0608 e. The van der Waals surface area contributed by atoms with E-state index in [1.807, 2.05) is 20.9 Å². The molecule has 0 spiro atoms. The van der Waals surface area contributed by atoms with Crippen LogP contribution in [-0.2, 0) is 9.47 Å². The molecule has 3 nitrogen and oxygen atoms in total. The van der Waals surface area contributed by atoms with Gasteiger partial charge < -0.3 is 14.8 Å². The first-order chi connectivity index (χ1) is 6.74. The van der Waals surface area contributed by atoms with Crippen LogP contribution in [0.4, 0.5) is 0 Å². The van der Waals surface area contributed by atoms with Crippen LogP contribution in [0.3, 0.4) is 0 Å². The Morgan fingerprint density at radius 1 is 1.14 bits per heavy atom. The third kappa shape index (κ3) is 9.96. The van der Waals surface area contributed by atoms with Crippen LogP contribution in [0.1, 0.15) is 33.6 Å². The molecular formula is C11H27NO2. The van der Waals surface area contributed by atoms with Crippen LogP contribution in [0.15, 0.2) is 0 Å². The summed E-state index contributed by atoms with van der Waals surface area (Å²) in [6.07, 6.45) is 2.61. The maximum atomic E-state index is 5.30. The van der Waals surface area contributed by atoms with Crippen molar-refractivity contribution < 1.29 is 9.47 Å². The molecule has 0 aromatic heterocycles. The Balaban J connectivity index is 0. The predicted octanol–water partition coefficient (Wildman–Crippen LogP) is 2.06. The highest BCUT2D eigenvalue weighted by Crippen LogP contribution is 2.07. The Bertz CT molecular complexity index is 99.3. The van der Waals surface area contributed by atoms with E-state index in [1.54, 1.807) is 14.2 Å². The van der Waals surface area contributed by atoms with E-state index in [-0.39, 0.29) is 6.10 Å². The molecule has 0 bridgehead atoms. The lowest BCUT2D eigenvalue weighted by Crippen LogP contribution is -2.23. The van der Waals surface area contributed by atoms with E-state index in [4.69, 9.17) is 9.47 Å². The van der Waals surface area contributed by atoms with Crippen molar-refractivity contribution in [1.29, 1.82) is 0 Å². The van der Waals surface area contributed by atoms with E-state index < -0.39 is 0 Å². The summed E-state index contributed by atoms with van der Waals surface area (Å²) >= 11 is 0. The predicted molar refractivity (Wildman–Crippen MR) is 61.8 cm³/mol. The molecule has 0 unspecified atom stereocenters. The molecule has 0 rings (SSSR count). The van der Waals surface area contributed by atoms with Crippen molar-refractivity contribution in [3.63, 3.8) is 0 Å². The van der Waals surface area contributed by atoms with Crippen molar-refractivity contribution >= 4 is 0 Å². The molecule has 14 heavy (non-hydrogen) atoms. The van der Waals surface area contributed by atoms with Gasteiger partial charge in [-0.25, -0.2) is 0 Å². The number of rotatable bonds is 7. The SMILES string of the molecule is CC.CNCC[C@@H](C[C@H](C)OC)OC. The van der Waals surface area contributed by atoms with E-state index in [2.05, 4.69) is 12.2 Å². The van der Waals surface area contributed by atoms with Crippen LogP contribution >= 0.6 is 0 Å². The van der Waals surface area contributed by atoms with Gasteiger partial charge in [-0.05, 0) is 33.4 Å². The largest absolute Gasteiger partial charge is 0.382 e. The van der Waals surface area contributed by atoms with Gasteiger partial charge in [0.25, 0.3) is 0 Å². The minimum atomic E-state index is 0.284. The summed E-state index contributed by atoms with van der Waals surface area (Å²) in [6, 6.07) is 0. The van der Waals surface area contributed by atoms with Gasteiger partial charge in [0, 0.05) is 14.2 Å². The summed E-state index contributed by atoms with van der Waals surface area (Å²) in [5.41, 5.74) is 0. The van der Waals surface area contributed by atoms with Crippen LogP contribution in [0.25, 0.3) is 0 Å². The second-order valence-corrected chi connectivity index (χ2v) is 3.03. The van der Waals surface area contributed by atoms with E-state index in [0.29, 0.717) is 6.10 Å². The normalized spacial score (nSPS) is 14.1. The van der Waals surface area contributed by atoms with Gasteiger partial charge in [-0.15, -0.1) is 0 Å². The van der Waals surface area contributed by atoms with Crippen molar-refractivity contribution in [3.8, 4) is 0 Å². The summed E-state index contributed by atoms with van der Waals surface area (Å²) in [4.78, 5) is 0. The summed E-state index contributed by atoms with van der Waals surface area (Å²) < 4.78 is 10.5. The molecule has 0 saturated carbocycles. The van der Waals surface area contributed by atoms with Crippen molar-refractivity contribution in [2.75, 3.05) is 27.8 Å². The Morgan fingerprint density at radius 2 is 1.71 bits per heavy atom. The standard InChI is InChI=1S/C9H21NO2.C2H6/c1-8(11-3)7-9(12-4)5-6-10-2;1-2/h8-10H,5-7H2,1-4H3;1-2H3/t8-,9-;/m0./s1. The molecule has 0 aliphatic carbocycles. The quantitative estimate of drug-likeness (QED) is 0.690. The van der Waals surface area contributed by atoms with Gasteiger partial charge in [0.1, 0.15) is 0 Å². The molecule has 0 aromatic carbocycles. The zero-order chi connectivity index (χ0) is 11.4. The number of hydrogen-bond acceptors (Lipinski definition) is 3. The van der Waals surface area contributed by atoms with Crippen molar-refractivity contribution in [1.82, 2.24) is 5.32 Å². The minimum absolute atomic E-state index is 0.284. The Kier molecular flexibility index (Phi) is 15.0. The fraction of sp³-hybridized carbons (Fsp3) is 1.00. The first kappa shape index (κ1) is 16.3. The molecule has 0 saturated heterocycles. The van der Waals surface area contributed by atoms with Gasteiger partial charge in [0.2, 0.25) is 0 Å². The smallest absolute Gasteiger partial charge is 0.0608 e. The van der Waals surface area contributed by atoms with Crippen molar-refractivity contribution in [3.05, 3.63) is 0 Å². The Morgan fingerprint density at radius 3 is 2.07 bits per heavy atom. The van der Waals surface area contributed by atoms with Gasteiger partial charge in [-0.1, -0.05) is 13.8 Å². The second-order valence-electron chi connectivity index (χ2n) is 3.03. The van der Waals surface area contributed by atoms with Crippen LogP contribution in [-0.4, -0.2) is 40.0 Å². The third-order valence-electron chi connectivity index (χ3n) is 2.05. The van der Waals surface area contributed by atoms with Gasteiger partial charge in [-0.2, -0.15) is 0 Å². The lowest BCUT2D eigenvalue weighted by molar-refractivity contribution is 0.0272. The molecular weight excluding hydrogens is 178 g/mol. The van der Waals surface area contributed by atoms with Crippen LogP contribution in [0.2, 0.25) is 0 Å². The van der Waals surface area contributed by atoms with Gasteiger partial charge in [-0.3, -0.25) is 0 Å². The summed E-state index contributed by atoms with van der Waals surface area (Å²) in [5.74, 6) is 0. The summed E-state index contributed by atoms with van der Waals surface area (Å²) in [7, 11) is 5.44. The number of nitrogens with one attached hydrogen (secondary N) is 1. The average Bonchev–Trinajstić information content (AvgIpc) is 2.26. The molecule has 0 aromatic rings. The van der Waals surface area contributed by atoms with Crippen LogP contribution < -0.4 is 5.32 Å². The zero-order valence-electron chi connectivity index (χ0n) is 10.6. The lowest BCUT2D eigenvalue weighted by atomic mass is 10.1. The molecule has 2 atom stereocenters. The van der Waals surface area contributed by atoms with E-state index in [9.17, 15) is 0 Å². The monoisotopic (exact) mass is 205 g/mol.